The Hall–Kier alpha value is -3.15. The highest BCUT2D eigenvalue weighted by atomic mass is 16.5. The molecule has 0 saturated heterocycles. The lowest BCUT2D eigenvalue weighted by molar-refractivity contribution is -0.137. The van der Waals surface area contributed by atoms with Crippen LogP contribution in [0.25, 0.3) is 27.7 Å². The molecule has 0 bridgehead atoms. The summed E-state index contributed by atoms with van der Waals surface area (Å²) < 4.78 is 10.2. The molecule has 33 heavy (non-hydrogen) atoms. The highest BCUT2D eigenvalue weighted by molar-refractivity contribution is 6.01. The molecule has 1 aliphatic rings. The number of fused-ring (bicyclic) bond motifs is 5. The van der Waals surface area contributed by atoms with E-state index < -0.39 is 0 Å². The number of rotatable bonds is 6. The molecule has 172 valence electrons. The van der Waals surface area contributed by atoms with E-state index in [0.29, 0.717) is 5.75 Å². The van der Waals surface area contributed by atoms with Crippen molar-refractivity contribution in [3.05, 3.63) is 47.9 Å². The lowest BCUT2D eigenvalue weighted by atomic mass is 9.97. The molecule has 0 N–H and O–H groups in total. The largest absolute Gasteiger partial charge is 0.424 e. The summed E-state index contributed by atoms with van der Waals surface area (Å²) in [5.74, 6) is 1.26. The zero-order chi connectivity index (χ0) is 23.1. The van der Waals surface area contributed by atoms with Gasteiger partial charge >= 0.3 is 5.97 Å². The highest BCUT2D eigenvalue weighted by Crippen LogP contribution is 2.35. The van der Waals surface area contributed by atoms with Gasteiger partial charge in [-0.05, 0) is 44.2 Å². The standard InChI is InChI=1S/C27H32N4O2/c1-17(2)24-29-25-23(26-28-20-12-8-9-13-21(20)31(24)26)22(33-27(32)18(3)4)16-30(25)15-14-19-10-6-5-7-11-19/h8-10,12-13,16-18H,5-7,11,14-15H2,1-4H3. The first-order valence-corrected chi connectivity index (χ1v) is 12.1. The summed E-state index contributed by atoms with van der Waals surface area (Å²) in [5, 5.41) is 0.808. The predicted octanol–water partition coefficient (Wildman–Crippen LogP) is 6.41. The van der Waals surface area contributed by atoms with Crippen LogP contribution in [0.4, 0.5) is 0 Å². The summed E-state index contributed by atoms with van der Waals surface area (Å²) >= 11 is 0. The molecule has 0 fully saturated rings. The molecule has 0 atom stereocenters. The van der Waals surface area contributed by atoms with Gasteiger partial charge in [-0.1, -0.05) is 51.5 Å². The normalized spacial score (nSPS) is 14.7. The molecular formula is C27H32N4O2. The molecule has 0 radical (unpaired) electrons. The van der Waals surface area contributed by atoms with Crippen molar-refractivity contribution in [2.24, 2.45) is 5.92 Å². The van der Waals surface area contributed by atoms with Gasteiger partial charge in [0, 0.05) is 18.7 Å². The highest BCUT2D eigenvalue weighted by Gasteiger charge is 2.24. The van der Waals surface area contributed by atoms with E-state index in [0.717, 1.165) is 46.5 Å². The number of hydrogen-bond acceptors (Lipinski definition) is 4. The maximum atomic E-state index is 12.6. The van der Waals surface area contributed by atoms with Crippen LogP contribution < -0.4 is 4.74 Å². The van der Waals surface area contributed by atoms with E-state index >= 15 is 0 Å². The number of carbonyl (C=O) groups is 1. The van der Waals surface area contributed by atoms with Gasteiger partial charge in [0.05, 0.1) is 17.0 Å². The average Bonchev–Trinajstić information content (AvgIpc) is 3.36. The summed E-state index contributed by atoms with van der Waals surface area (Å²) in [6.45, 7) is 8.82. The van der Waals surface area contributed by atoms with Crippen LogP contribution in [-0.4, -0.2) is 24.9 Å². The minimum Gasteiger partial charge on any atom is -0.424 e. The zero-order valence-corrected chi connectivity index (χ0v) is 20.0. The number of para-hydroxylation sites is 2. The van der Waals surface area contributed by atoms with Crippen molar-refractivity contribution in [1.82, 2.24) is 18.9 Å². The van der Waals surface area contributed by atoms with Crippen LogP contribution in [0.1, 0.15) is 71.5 Å². The van der Waals surface area contributed by atoms with Crippen LogP contribution in [0.2, 0.25) is 0 Å². The summed E-state index contributed by atoms with van der Waals surface area (Å²) in [6, 6.07) is 8.11. The number of hydrogen-bond donors (Lipinski definition) is 0. The molecule has 0 unspecified atom stereocenters. The number of benzene rings is 1. The number of allylic oxidation sites excluding steroid dienone is 2. The van der Waals surface area contributed by atoms with Gasteiger partial charge in [-0.25, -0.2) is 9.97 Å². The number of esters is 1. The van der Waals surface area contributed by atoms with E-state index in [4.69, 9.17) is 14.7 Å². The molecule has 6 nitrogen and oxygen atoms in total. The fraction of sp³-hybridized carbons (Fsp3) is 0.444. The van der Waals surface area contributed by atoms with Crippen molar-refractivity contribution >= 4 is 33.7 Å². The second-order valence-electron chi connectivity index (χ2n) is 9.70. The number of carbonyl (C=O) groups excluding carboxylic acids is 1. The van der Waals surface area contributed by atoms with E-state index in [1.54, 1.807) is 0 Å². The Morgan fingerprint density at radius 1 is 1.09 bits per heavy atom. The quantitative estimate of drug-likeness (QED) is 0.255. The van der Waals surface area contributed by atoms with E-state index in [9.17, 15) is 4.79 Å². The average molecular weight is 445 g/mol. The third kappa shape index (κ3) is 3.92. The molecule has 6 heteroatoms. The van der Waals surface area contributed by atoms with Crippen molar-refractivity contribution in [2.45, 2.75) is 72.3 Å². The van der Waals surface area contributed by atoms with Crippen LogP contribution in [0.3, 0.4) is 0 Å². The van der Waals surface area contributed by atoms with Crippen LogP contribution in [0.15, 0.2) is 42.1 Å². The van der Waals surface area contributed by atoms with Gasteiger partial charge < -0.3 is 9.30 Å². The first-order valence-electron chi connectivity index (χ1n) is 12.1. The maximum Gasteiger partial charge on any atom is 0.313 e. The minimum absolute atomic E-state index is 0.209. The maximum absolute atomic E-state index is 12.6. The Kier molecular flexibility index (Phi) is 5.69. The number of ether oxygens (including phenoxy) is 1. The molecule has 0 spiro atoms. The molecular weight excluding hydrogens is 412 g/mol. The summed E-state index contributed by atoms with van der Waals surface area (Å²) in [4.78, 5) is 22.7. The third-order valence-electron chi connectivity index (χ3n) is 6.51. The number of nitrogens with zero attached hydrogens (tertiary/aromatic N) is 4. The van der Waals surface area contributed by atoms with Crippen LogP contribution in [-0.2, 0) is 11.3 Å². The Labute approximate surface area is 194 Å². The molecule has 5 rings (SSSR count). The van der Waals surface area contributed by atoms with Crippen molar-refractivity contribution in [3.8, 4) is 5.75 Å². The molecule has 3 aromatic heterocycles. The minimum atomic E-state index is -0.244. The van der Waals surface area contributed by atoms with Crippen molar-refractivity contribution in [3.63, 3.8) is 0 Å². The Bertz CT molecular complexity index is 1370. The van der Waals surface area contributed by atoms with Gasteiger partial charge in [-0.3, -0.25) is 9.20 Å². The summed E-state index contributed by atoms with van der Waals surface area (Å²) in [6.07, 6.45) is 10.2. The molecule has 0 amide bonds. The first-order chi connectivity index (χ1) is 15.9. The number of aryl methyl sites for hydroxylation is 1. The topological polar surface area (TPSA) is 61.4 Å². The van der Waals surface area contributed by atoms with Gasteiger partial charge in [-0.2, -0.15) is 0 Å². The second-order valence-corrected chi connectivity index (χ2v) is 9.70. The SMILES string of the molecule is CC(C)C(=O)Oc1cn(CCC2=CCCCC2)c2nc(C(C)C)n3c4ccccc4nc3c12. The lowest BCUT2D eigenvalue weighted by Gasteiger charge is -2.14. The zero-order valence-electron chi connectivity index (χ0n) is 20.0. The van der Waals surface area contributed by atoms with E-state index in [1.807, 2.05) is 38.2 Å². The fourth-order valence-electron chi connectivity index (χ4n) is 4.69. The summed E-state index contributed by atoms with van der Waals surface area (Å²) in [5.41, 5.74) is 5.08. The van der Waals surface area contributed by atoms with Crippen LogP contribution >= 0.6 is 0 Å². The Morgan fingerprint density at radius 3 is 2.64 bits per heavy atom. The first kappa shape index (κ1) is 21.7. The fourth-order valence-corrected chi connectivity index (χ4v) is 4.69. The Balaban J connectivity index is 1.73. The molecule has 0 saturated carbocycles. The second kappa shape index (κ2) is 8.65. The van der Waals surface area contributed by atoms with Crippen LogP contribution in [0.5, 0.6) is 5.75 Å². The van der Waals surface area contributed by atoms with Gasteiger partial charge in [0.2, 0.25) is 0 Å². The summed E-state index contributed by atoms with van der Waals surface area (Å²) in [7, 11) is 0. The van der Waals surface area contributed by atoms with E-state index in [1.165, 1.54) is 31.3 Å². The van der Waals surface area contributed by atoms with Gasteiger partial charge in [0.1, 0.15) is 16.9 Å². The van der Waals surface area contributed by atoms with E-state index in [2.05, 4.69) is 35.0 Å². The van der Waals surface area contributed by atoms with E-state index in [-0.39, 0.29) is 17.8 Å². The van der Waals surface area contributed by atoms with Gasteiger partial charge in [0.15, 0.2) is 11.4 Å². The smallest absolute Gasteiger partial charge is 0.313 e. The van der Waals surface area contributed by atoms with Crippen molar-refractivity contribution < 1.29 is 9.53 Å². The van der Waals surface area contributed by atoms with Crippen molar-refractivity contribution in [2.75, 3.05) is 0 Å². The predicted molar refractivity (Wildman–Crippen MR) is 132 cm³/mol. The monoisotopic (exact) mass is 444 g/mol. The molecule has 4 aromatic rings. The van der Waals surface area contributed by atoms with Crippen molar-refractivity contribution in [1.29, 1.82) is 0 Å². The third-order valence-corrected chi connectivity index (χ3v) is 6.51. The Morgan fingerprint density at radius 2 is 1.91 bits per heavy atom. The van der Waals surface area contributed by atoms with Crippen LogP contribution in [0, 0.1) is 5.92 Å². The molecule has 1 aliphatic carbocycles. The number of imidazole rings is 1. The molecule has 1 aromatic carbocycles. The van der Waals surface area contributed by atoms with Gasteiger partial charge in [0.25, 0.3) is 0 Å². The molecule has 0 aliphatic heterocycles. The number of aromatic nitrogens is 4. The van der Waals surface area contributed by atoms with Gasteiger partial charge in [-0.15, -0.1) is 0 Å². The lowest BCUT2D eigenvalue weighted by Crippen LogP contribution is -2.14. The molecule has 3 heterocycles.